The molecular formula is C17H28N4O2. The van der Waals surface area contributed by atoms with E-state index in [-0.39, 0.29) is 12.6 Å². The molecule has 0 saturated carbocycles. The number of nitrogens with zero attached hydrogens (tertiary/aromatic N) is 4. The lowest BCUT2D eigenvalue weighted by molar-refractivity contribution is 0.251. The van der Waals surface area contributed by atoms with Gasteiger partial charge in [-0.05, 0) is 12.8 Å². The summed E-state index contributed by atoms with van der Waals surface area (Å²) < 4.78 is 7.30. The Morgan fingerprint density at radius 1 is 1.09 bits per heavy atom. The van der Waals surface area contributed by atoms with Gasteiger partial charge in [0.25, 0.3) is 0 Å². The molecule has 0 spiro atoms. The van der Waals surface area contributed by atoms with Gasteiger partial charge in [0.15, 0.2) is 11.2 Å². The van der Waals surface area contributed by atoms with Crippen LogP contribution < -0.4 is 4.74 Å². The summed E-state index contributed by atoms with van der Waals surface area (Å²) in [5, 5.41) is 9.39. The molecule has 1 N–H and O–H groups in total. The third-order valence-electron chi connectivity index (χ3n) is 4.27. The van der Waals surface area contributed by atoms with E-state index in [1.54, 1.807) is 13.4 Å². The van der Waals surface area contributed by atoms with Crippen molar-refractivity contribution in [3.8, 4) is 5.88 Å². The Morgan fingerprint density at radius 2 is 1.87 bits per heavy atom. The smallest absolute Gasteiger partial charge is 0.245 e. The second kappa shape index (κ2) is 9.45. The normalized spacial score (nSPS) is 12.7. The highest BCUT2D eigenvalue weighted by molar-refractivity contribution is 5.75. The minimum atomic E-state index is 0.169. The summed E-state index contributed by atoms with van der Waals surface area (Å²) in [7, 11) is 1.59. The van der Waals surface area contributed by atoms with Gasteiger partial charge in [-0.1, -0.05) is 45.4 Å². The van der Waals surface area contributed by atoms with E-state index < -0.39 is 0 Å². The van der Waals surface area contributed by atoms with Crippen LogP contribution in [0.5, 0.6) is 5.88 Å². The third-order valence-corrected chi connectivity index (χ3v) is 4.27. The monoisotopic (exact) mass is 320 g/mol. The number of methoxy groups -OCH3 is 1. The predicted molar refractivity (Wildman–Crippen MR) is 90.6 cm³/mol. The second-order valence-corrected chi connectivity index (χ2v) is 5.93. The van der Waals surface area contributed by atoms with Crippen molar-refractivity contribution in [1.29, 1.82) is 0 Å². The Hall–Kier alpha value is -1.69. The van der Waals surface area contributed by atoms with Crippen LogP contribution in [0.4, 0.5) is 0 Å². The first kappa shape index (κ1) is 17.7. The van der Waals surface area contributed by atoms with Gasteiger partial charge in [-0.2, -0.15) is 4.98 Å². The van der Waals surface area contributed by atoms with Gasteiger partial charge < -0.3 is 14.4 Å². The van der Waals surface area contributed by atoms with E-state index in [2.05, 4.69) is 26.4 Å². The van der Waals surface area contributed by atoms with E-state index in [0.29, 0.717) is 17.8 Å². The molecule has 2 aromatic rings. The molecule has 1 atom stereocenters. The molecule has 0 bridgehead atoms. The number of hydrogen-bond acceptors (Lipinski definition) is 5. The molecule has 128 valence electrons. The van der Waals surface area contributed by atoms with Crippen molar-refractivity contribution in [2.45, 2.75) is 64.3 Å². The Labute approximate surface area is 137 Å². The maximum absolute atomic E-state index is 9.39. The van der Waals surface area contributed by atoms with Gasteiger partial charge in [-0.3, -0.25) is 0 Å². The van der Waals surface area contributed by atoms with Gasteiger partial charge >= 0.3 is 0 Å². The Balaban J connectivity index is 2.03. The topological polar surface area (TPSA) is 73.1 Å². The van der Waals surface area contributed by atoms with Crippen LogP contribution in [-0.4, -0.2) is 38.3 Å². The lowest BCUT2D eigenvalue weighted by Gasteiger charge is -2.18. The molecule has 2 aromatic heterocycles. The van der Waals surface area contributed by atoms with Crippen LogP contribution in [-0.2, 0) is 0 Å². The minimum absolute atomic E-state index is 0.169. The lowest BCUT2D eigenvalue weighted by Crippen LogP contribution is -2.11. The van der Waals surface area contributed by atoms with Crippen molar-refractivity contribution in [3.05, 3.63) is 12.7 Å². The maximum atomic E-state index is 9.39. The molecular weight excluding hydrogens is 292 g/mol. The molecule has 6 nitrogen and oxygen atoms in total. The molecule has 23 heavy (non-hydrogen) atoms. The number of ether oxygens (including phenoxy) is 1. The number of fused-ring (bicyclic) bond motifs is 1. The Morgan fingerprint density at radius 3 is 2.61 bits per heavy atom. The predicted octanol–water partition coefficient (Wildman–Crippen LogP) is 3.51. The zero-order valence-corrected chi connectivity index (χ0v) is 14.2. The van der Waals surface area contributed by atoms with Crippen LogP contribution in [0.1, 0.15) is 64.3 Å². The largest absolute Gasteiger partial charge is 0.479 e. The fraction of sp³-hybridized carbons (Fsp3) is 0.706. The number of aliphatic hydroxyl groups is 1. The van der Waals surface area contributed by atoms with Gasteiger partial charge in [-0.25, -0.2) is 9.97 Å². The van der Waals surface area contributed by atoms with Crippen molar-refractivity contribution in [2.24, 2.45) is 0 Å². The van der Waals surface area contributed by atoms with Crippen LogP contribution in [0.15, 0.2) is 12.7 Å². The van der Waals surface area contributed by atoms with Gasteiger partial charge in [0.05, 0.1) is 13.4 Å². The van der Waals surface area contributed by atoms with Crippen LogP contribution >= 0.6 is 0 Å². The van der Waals surface area contributed by atoms with Crippen molar-refractivity contribution in [1.82, 2.24) is 19.5 Å². The zero-order chi connectivity index (χ0) is 16.5. The van der Waals surface area contributed by atoms with Gasteiger partial charge in [0.2, 0.25) is 5.88 Å². The third kappa shape index (κ3) is 4.64. The summed E-state index contributed by atoms with van der Waals surface area (Å²) >= 11 is 0. The van der Waals surface area contributed by atoms with Crippen molar-refractivity contribution in [2.75, 3.05) is 13.7 Å². The minimum Gasteiger partial charge on any atom is -0.479 e. The average Bonchev–Trinajstić information content (AvgIpc) is 3.01. The van der Waals surface area contributed by atoms with E-state index in [0.717, 1.165) is 18.5 Å². The second-order valence-electron chi connectivity index (χ2n) is 5.93. The molecule has 6 heteroatoms. The lowest BCUT2D eigenvalue weighted by atomic mass is 10.0. The van der Waals surface area contributed by atoms with E-state index in [1.165, 1.54) is 38.4 Å². The first-order valence-electron chi connectivity index (χ1n) is 8.64. The van der Waals surface area contributed by atoms with Gasteiger partial charge in [0, 0.05) is 12.6 Å². The molecule has 1 unspecified atom stereocenters. The number of rotatable bonds is 11. The zero-order valence-electron chi connectivity index (χ0n) is 14.2. The fourth-order valence-corrected chi connectivity index (χ4v) is 2.98. The van der Waals surface area contributed by atoms with Gasteiger partial charge in [0.1, 0.15) is 6.33 Å². The number of imidazole rings is 1. The number of aliphatic hydroxyl groups excluding tert-OH is 1. The highest BCUT2D eigenvalue weighted by Gasteiger charge is 2.17. The molecule has 2 rings (SSSR count). The maximum Gasteiger partial charge on any atom is 0.245 e. The molecule has 0 fully saturated rings. The van der Waals surface area contributed by atoms with Crippen LogP contribution in [0.2, 0.25) is 0 Å². The van der Waals surface area contributed by atoms with E-state index in [1.807, 2.05) is 0 Å². The fourth-order valence-electron chi connectivity index (χ4n) is 2.98. The summed E-state index contributed by atoms with van der Waals surface area (Å²) in [6.07, 6.45) is 12.7. The first-order valence-corrected chi connectivity index (χ1v) is 8.64. The highest BCUT2D eigenvalue weighted by atomic mass is 16.5. The Bertz CT molecular complexity index is 585. The number of unbranched alkanes of at least 4 members (excludes halogenated alkanes) is 5. The molecule has 0 amide bonds. The molecule has 0 aliphatic heterocycles. The average molecular weight is 320 g/mol. The Kier molecular flexibility index (Phi) is 7.26. The molecule has 0 aromatic carbocycles. The summed E-state index contributed by atoms with van der Waals surface area (Å²) in [5.74, 6) is 0.496. The van der Waals surface area contributed by atoms with E-state index in [4.69, 9.17) is 4.74 Å². The van der Waals surface area contributed by atoms with Crippen molar-refractivity contribution < 1.29 is 9.84 Å². The first-order chi connectivity index (χ1) is 11.3. The summed E-state index contributed by atoms with van der Waals surface area (Å²) in [6, 6.07) is 0.218. The SMILES string of the molecule is CCCCCCCCC(CCO)n1cnc2c(OC)ncnc21. The molecule has 0 radical (unpaired) electrons. The van der Waals surface area contributed by atoms with E-state index in [9.17, 15) is 5.11 Å². The quantitative estimate of drug-likeness (QED) is 0.641. The van der Waals surface area contributed by atoms with Crippen molar-refractivity contribution >= 4 is 11.2 Å². The standard InChI is InChI=1S/C17H28N4O2/c1-3-4-5-6-7-8-9-14(10-11-22)21-13-20-15-16(21)18-12-19-17(15)23-2/h12-14,22H,3-11H2,1-2H3. The molecule has 0 saturated heterocycles. The molecule has 2 heterocycles. The number of aromatic nitrogens is 4. The number of hydrogen-bond donors (Lipinski definition) is 1. The van der Waals surface area contributed by atoms with Crippen molar-refractivity contribution in [3.63, 3.8) is 0 Å². The summed E-state index contributed by atoms with van der Waals surface area (Å²) in [6.45, 7) is 2.40. The highest BCUT2D eigenvalue weighted by Crippen LogP contribution is 2.26. The molecule has 0 aliphatic rings. The summed E-state index contributed by atoms with van der Waals surface area (Å²) in [5.41, 5.74) is 1.46. The van der Waals surface area contributed by atoms with Gasteiger partial charge in [-0.15, -0.1) is 0 Å². The summed E-state index contributed by atoms with van der Waals surface area (Å²) in [4.78, 5) is 12.8. The van der Waals surface area contributed by atoms with Crippen LogP contribution in [0.25, 0.3) is 11.2 Å². The van der Waals surface area contributed by atoms with E-state index >= 15 is 0 Å². The van der Waals surface area contributed by atoms with Crippen LogP contribution in [0, 0.1) is 0 Å². The molecule has 0 aliphatic carbocycles. The van der Waals surface area contributed by atoms with Crippen LogP contribution in [0.3, 0.4) is 0 Å².